The lowest BCUT2D eigenvalue weighted by atomic mass is 10.0. The SMILES string of the molecule is N#CC1CC(=O)N(c2ccccc2-c2ccccc2)C1. The zero-order chi connectivity index (χ0) is 13.9. The highest BCUT2D eigenvalue weighted by Gasteiger charge is 2.31. The highest BCUT2D eigenvalue weighted by atomic mass is 16.2. The molecule has 20 heavy (non-hydrogen) atoms. The summed E-state index contributed by atoms with van der Waals surface area (Å²) in [5.41, 5.74) is 3.00. The molecule has 3 nitrogen and oxygen atoms in total. The van der Waals surface area contributed by atoms with Crippen molar-refractivity contribution in [1.82, 2.24) is 0 Å². The number of nitrogens with zero attached hydrogens (tertiary/aromatic N) is 2. The molecule has 1 aliphatic heterocycles. The van der Waals surface area contributed by atoms with Gasteiger partial charge in [0.05, 0.1) is 17.7 Å². The topological polar surface area (TPSA) is 44.1 Å². The van der Waals surface area contributed by atoms with E-state index >= 15 is 0 Å². The van der Waals surface area contributed by atoms with Crippen LogP contribution >= 0.6 is 0 Å². The summed E-state index contributed by atoms with van der Waals surface area (Å²) in [7, 11) is 0. The third-order valence-electron chi connectivity index (χ3n) is 3.59. The fraction of sp³-hybridized carbons (Fsp3) is 0.176. The van der Waals surface area contributed by atoms with Gasteiger partial charge in [-0.1, -0.05) is 48.5 Å². The van der Waals surface area contributed by atoms with Crippen LogP contribution in [0.3, 0.4) is 0 Å². The molecule has 1 unspecified atom stereocenters. The summed E-state index contributed by atoms with van der Waals surface area (Å²) >= 11 is 0. The van der Waals surface area contributed by atoms with Crippen molar-refractivity contribution in [2.75, 3.05) is 11.4 Å². The monoisotopic (exact) mass is 262 g/mol. The largest absolute Gasteiger partial charge is 0.310 e. The number of para-hydroxylation sites is 1. The number of nitriles is 1. The lowest BCUT2D eigenvalue weighted by Gasteiger charge is -2.20. The van der Waals surface area contributed by atoms with Crippen LogP contribution in [0.5, 0.6) is 0 Å². The molecule has 0 N–H and O–H groups in total. The Morgan fingerprint density at radius 3 is 2.45 bits per heavy atom. The maximum atomic E-state index is 12.1. The fourth-order valence-corrected chi connectivity index (χ4v) is 2.60. The number of carbonyl (C=O) groups excluding carboxylic acids is 1. The highest BCUT2D eigenvalue weighted by molar-refractivity contribution is 5.99. The Kier molecular flexibility index (Phi) is 3.22. The van der Waals surface area contributed by atoms with E-state index in [1.807, 2.05) is 54.6 Å². The molecule has 1 heterocycles. The van der Waals surface area contributed by atoms with Gasteiger partial charge in [-0.3, -0.25) is 4.79 Å². The molecule has 1 atom stereocenters. The molecule has 3 rings (SSSR count). The average Bonchev–Trinajstić information content (AvgIpc) is 2.89. The van der Waals surface area contributed by atoms with Crippen molar-refractivity contribution in [3.63, 3.8) is 0 Å². The van der Waals surface area contributed by atoms with Crippen molar-refractivity contribution >= 4 is 11.6 Å². The molecule has 1 aliphatic rings. The zero-order valence-corrected chi connectivity index (χ0v) is 11.0. The third kappa shape index (κ3) is 2.17. The normalized spacial score (nSPS) is 18.1. The van der Waals surface area contributed by atoms with Gasteiger partial charge < -0.3 is 4.90 Å². The Morgan fingerprint density at radius 2 is 1.75 bits per heavy atom. The van der Waals surface area contributed by atoms with Crippen LogP contribution in [0, 0.1) is 17.2 Å². The second-order valence-corrected chi connectivity index (χ2v) is 4.92. The molecule has 1 fully saturated rings. The second kappa shape index (κ2) is 5.18. The van der Waals surface area contributed by atoms with Crippen LogP contribution in [-0.2, 0) is 4.79 Å². The van der Waals surface area contributed by atoms with E-state index in [0.29, 0.717) is 13.0 Å². The Balaban J connectivity index is 2.04. The van der Waals surface area contributed by atoms with Crippen molar-refractivity contribution in [3.05, 3.63) is 54.6 Å². The summed E-state index contributed by atoms with van der Waals surface area (Å²) in [5, 5.41) is 9.01. The van der Waals surface area contributed by atoms with Gasteiger partial charge in [-0.25, -0.2) is 0 Å². The van der Waals surface area contributed by atoms with Crippen molar-refractivity contribution < 1.29 is 4.79 Å². The Hall–Kier alpha value is -2.60. The smallest absolute Gasteiger partial charge is 0.228 e. The number of rotatable bonds is 2. The summed E-state index contributed by atoms with van der Waals surface area (Å²) < 4.78 is 0. The molecule has 2 aromatic rings. The highest BCUT2D eigenvalue weighted by Crippen LogP contribution is 2.34. The first kappa shape index (κ1) is 12.4. The number of anilines is 1. The minimum absolute atomic E-state index is 0.0277. The van der Waals surface area contributed by atoms with Crippen molar-refractivity contribution in [2.24, 2.45) is 5.92 Å². The van der Waals surface area contributed by atoms with E-state index in [1.54, 1.807) is 4.90 Å². The van der Waals surface area contributed by atoms with Gasteiger partial charge in [0.25, 0.3) is 0 Å². The number of benzene rings is 2. The van der Waals surface area contributed by atoms with Gasteiger partial charge in [-0.2, -0.15) is 5.26 Å². The molecule has 0 spiro atoms. The minimum Gasteiger partial charge on any atom is -0.310 e. The lowest BCUT2D eigenvalue weighted by Crippen LogP contribution is -2.24. The Bertz CT molecular complexity index is 673. The molecule has 98 valence electrons. The molecule has 0 bridgehead atoms. The van der Waals surface area contributed by atoms with E-state index in [-0.39, 0.29) is 11.8 Å². The van der Waals surface area contributed by atoms with E-state index < -0.39 is 0 Å². The van der Waals surface area contributed by atoms with Crippen molar-refractivity contribution in [1.29, 1.82) is 5.26 Å². The van der Waals surface area contributed by atoms with Gasteiger partial charge in [0.15, 0.2) is 0 Å². The molecule has 1 amide bonds. The zero-order valence-electron chi connectivity index (χ0n) is 11.0. The van der Waals surface area contributed by atoms with Gasteiger partial charge in [-0.05, 0) is 11.6 Å². The van der Waals surface area contributed by atoms with Gasteiger partial charge in [-0.15, -0.1) is 0 Å². The van der Waals surface area contributed by atoms with Gasteiger partial charge in [0.2, 0.25) is 5.91 Å². The van der Waals surface area contributed by atoms with E-state index in [4.69, 9.17) is 5.26 Å². The molecular formula is C17H14N2O. The number of hydrogen-bond acceptors (Lipinski definition) is 2. The first-order chi connectivity index (χ1) is 9.79. The van der Waals surface area contributed by atoms with Crippen LogP contribution in [0.2, 0.25) is 0 Å². The minimum atomic E-state index is -0.202. The van der Waals surface area contributed by atoms with Crippen LogP contribution in [0.15, 0.2) is 54.6 Å². The van der Waals surface area contributed by atoms with Crippen LogP contribution in [-0.4, -0.2) is 12.5 Å². The van der Waals surface area contributed by atoms with Crippen LogP contribution in [0.4, 0.5) is 5.69 Å². The summed E-state index contributed by atoms with van der Waals surface area (Å²) in [4.78, 5) is 13.8. The van der Waals surface area contributed by atoms with Crippen LogP contribution in [0.1, 0.15) is 6.42 Å². The van der Waals surface area contributed by atoms with E-state index in [2.05, 4.69) is 6.07 Å². The van der Waals surface area contributed by atoms with Crippen LogP contribution in [0.25, 0.3) is 11.1 Å². The first-order valence-electron chi connectivity index (χ1n) is 6.64. The number of amides is 1. The Morgan fingerprint density at radius 1 is 1.05 bits per heavy atom. The van der Waals surface area contributed by atoms with Gasteiger partial charge >= 0.3 is 0 Å². The molecule has 0 radical (unpaired) electrons. The molecule has 0 saturated carbocycles. The summed E-state index contributed by atoms with van der Waals surface area (Å²) in [6, 6.07) is 20.0. The molecule has 2 aromatic carbocycles. The fourth-order valence-electron chi connectivity index (χ4n) is 2.60. The predicted molar refractivity (Wildman–Crippen MR) is 78.0 cm³/mol. The second-order valence-electron chi connectivity index (χ2n) is 4.92. The standard InChI is InChI=1S/C17H14N2O/c18-11-13-10-17(20)19(12-13)16-9-5-4-8-15(16)14-6-2-1-3-7-14/h1-9,13H,10,12H2. The van der Waals surface area contributed by atoms with Crippen molar-refractivity contribution in [3.8, 4) is 17.2 Å². The third-order valence-corrected chi connectivity index (χ3v) is 3.59. The van der Waals surface area contributed by atoms with Crippen LogP contribution < -0.4 is 4.90 Å². The maximum absolute atomic E-state index is 12.1. The summed E-state index contributed by atoms with van der Waals surface area (Å²) in [6.45, 7) is 0.485. The number of hydrogen-bond donors (Lipinski definition) is 0. The quantitative estimate of drug-likeness (QED) is 0.834. The molecule has 1 saturated heterocycles. The van der Waals surface area contributed by atoms with Crippen molar-refractivity contribution in [2.45, 2.75) is 6.42 Å². The van der Waals surface area contributed by atoms with E-state index in [0.717, 1.165) is 16.8 Å². The Labute approximate surface area is 118 Å². The number of carbonyl (C=O) groups is 1. The van der Waals surface area contributed by atoms with E-state index in [9.17, 15) is 4.79 Å². The molecular weight excluding hydrogens is 248 g/mol. The van der Waals surface area contributed by atoms with Gasteiger partial charge in [0, 0.05) is 18.5 Å². The predicted octanol–water partition coefficient (Wildman–Crippen LogP) is 3.23. The molecule has 3 heteroatoms. The maximum Gasteiger partial charge on any atom is 0.228 e. The first-order valence-corrected chi connectivity index (χ1v) is 6.64. The molecule has 0 aliphatic carbocycles. The summed E-state index contributed by atoms with van der Waals surface area (Å²) in [5.74, 6) is -0.175. The lowest BCUT2D eigenvalue weighted by molar-refractivity contribution is -0.117. The average molecular weight is 262 g/mol. The summed E-state index contributed by atoms with van der Waals surface area (Å²) in [6.07, 6.45) is 0.319. The van der Waals surface area contributed by atoms with E-state index in [1.165, 1.54) is 0 Å². The molecule has 0 aromatic heterocycles. The van der Waals surface area contributed by atoms with Gasteiger partial charge in [0.1, 0.15) is 0 Å².